The summed E-state index contributed by atoms with van der Waals surface area (Å²) in [4.78, 5) is 14.3. The van der Waals surface area contributed by atoms with Gasteiger partial charge in [0.25, 0.3) is 0 Å². The number of aryl methyl sites for hydroxylation is 1. The van der Waals surface area contributed by atoms with Crippen LogP contribution in [-0.2, 0) is 0 Å². The first-order valence-corrected chi connectivity index (χ1v) is 6.37. The molecule has 17 heavy (non-hydrogen) atoms. The highest BCUT2D eigenvalue weighted by Crippen LogP contribution is 2.10. The second-order valence-electron chi connectivity index (χ2n) is 4.74. The molecule has 1 unspecified atom stereocenters. The Hall–Kier alpha value is -1.15. The van der Waals surface area contributed by atoms with Gasteiger partial charge in [-0.05, 0) is 33.9 Å². The molecule has 0 saturated carbocycles. The van der Waals surface area contributed by atoms with Crippen molar-refractivity contribution in [3.05, 3.63) is 35.4 Å². The molecule has 0 aliphatic rings. The lowest BCUT2D eigenvalue weighted by molar-refractivity contribution is 0.0867. The van der Waals surface area contributed by atoms with Crippen LogP contribution in [-0.4, -0.2) is 30.3 Å². The highest BCUT2D eigenvalue weighted by molar-refractivity contribution is 5.99. The molecule has 2 nitrogen and oxygen atoms in total. The highest BCUT2D eigenvalue weighted by Gasteiger charge is 2.18. The third kappa shape index (κ3) is 3.97. The van der Waals surface area contributed by atoms with Crippen LogP contribution in [0.15, 0.2) is 24.3 Å². The number of hydrogen-bond acceptors (Lipinski definition) is 2. The quantitative estimate of drug-likeness (QED) is 0.703. The molecule has 0 fully saturated rings. The maximum atomic E-state index is 12.2. The predicted molar refractivity (Wildman–Crippen MR) is 72.5 cm³/mol. The standard InChI is InChI=1S/C15H23NO/c1-5-6-11-16(4)13(3)15(17)14-9-7-12(2)8-10-14/h7-10,13H,5-6,11H2,1-4H3. The monoisotopic (exact) mass is 233 g/mol. The van der Waals surface area contributed by atoms with Crippen LogP contribution < -0.4 is 0 Å². The number of likely N-dealkylation sites (N-methyl/N-ethyl adjacent to an activating group) is 1. The van der Waals surface area contributed by atoms with Gasteiger partial charge in [0.15, 0.2) is 5.78 Å². The van der Waals surface area contributed by atoms with Gasteiger partial charge in [-0.25, -0.2) is 0 Å². The van der Waals surface area contributed by atoms with E-state index in [-0.39, 0.29) is 11.8 Å². The Morgan fingerprint density at radius 1 is 1.29 bits per heavy atom. The van der Waals surface area contributed by atoms with Gasteiger partial charge < -0.3 is 0 Å². The Labute approximate surface area is 105 Å². The highest BCUT2D eigenvalue weighted by atomic mass is 16.1. The summed E-state index contributed by atoms with van der Waals surface area (Å²) in [5.41, 5.74) is 2.00. The van der Waals surface area contributed by atoms with E-state index in [0.29, 0.717) is 0 Å². The molecule has 0 heterocycles. The predicted octanol–water partition coefficient (Wildman–Crippen LogP) is 3.30. The number of carbonyl (C=O) groups is 1. The van der Waals surface area contributed by atoms with Crippen LogP contribution in [0.25, 0.3) is 0 Å². The van der Waals surface area contributed by atoms with E-state index in [0.717, 1.165) is 24.9 Å². The molecule has 0 N–H and O–H groups in total. The van der Waals surface area contributed by atoms with Crippen LogP contribution in [0.5, 0.6) is 0 Å². The van der Waals surface area contributed by atoms with Gasteiger partial charge in [0.2, 0.25) is 0 Å². The average molecular weight is 233 g/mol. The third-order valence-corrected chi connectivity index (χ3v) is 3.24. The van der Waals surface area contributed by atoms with Crippen LogP contribution in [0.3, 0.4) is 0 Å². The van der Waals surface area contributed by atoms with Crippen molar-refractivity contribution in [3.63, 3.8) is 0 Å². The fraction of sp³-hybridized carbons (Fsp3) is 0.533. The zero-order chi connectivity index (χ0) is 12.8. The molecule has 1 aromatic carbocycles. The van der Waals surface area contributed by atoms with Crippen molar-refractivity contribution in [2.24, 2.45) is 0 Å². The molecular weight excluding hydrogens is 210 g/mol. The van der Waals surface area contributed by atoms with Crippen molar-refractivity contribution >= 4 is 5.78 Å². The lowest BCUT2D eigenvalue weighted by atomic mass is 10.0. The first-order valence-electron chi connectivity index (χ1n) is 6.37. The molecular formula is C15H23NO. The van der Waals surface area contributed by atoms with Gasteiger partial charge in [-0.1, -0.05) is 43.2 Å². The maximum absolute atomic E-state index is 12.2. The summed E-state index contributed by atoms with van der Waals surface area (Å²) < 4.78 is 0. The first kappa shape index (κ1) is 13.9. The van der Waals surface area contributed by atoms with E-state index < -0.39 is 0 Å². The molecule has 1 rings (SSSR count). The normalized spacial score (nSPS) is 12.8. The van der Waals surface area contributed by atoms with Gasteiger partial charge in [-0.2, -0.15) is 0 Å². The Morgan fingerprint density at radius 2 is 1.88 bits per heavy atom. The van der Waals surface area contributed by atoms with Crippen molar-refractivity contribution < 1.29 is 4.79 Å². The largest absolute Gasteiger partial charge is 0.297 e. The summed E-state index contributed by atoms with van der Waals surface area (Å²) in [5, 5.41) is 0. The minimum Gasteiger partial charge on any atom is -0.297 e. The van der Waals surface area contributed by atoms with Crippen LogP contribution in [0.4, 0.5) is 0 Å². The van der Waals surface area contributed by atoms with E-state index in [4.69, 9.17) is 0 Å². The van der Waals surface area contributed by atoms with E-state index in [1.54, 1.807) is 0 Å². The number of hydrogen-bond donors (Lipinski definition) is 0. The Kier molecular flexibility index (Phi) is 5.36. The van der Waals surface area contributed by atoms with Gasteiger partial charge in [0, 0.05) is 5.56 Å². The fourth-order valence-electron chi connectivity index (χ4n) is 1.76. The average Bonchev–Trinajstić information content (AvgIpc) is 2.35. The molecule has 0 spiro atoms. The molecule has 0 aliphatic heterocycles. The maximum Gasteiger partial charge on any atom is 0.179 e. The number of ketones is 1. The van der Waals surface area contributed by atoms with Crippen molar-refractivity contribution in [3.8, 4) is 0 Å². The fourth-order valence-corrected chi connectivity index (χ4v) is 1.76. The smallest absolute Gasteiger partial charge is 0.179 e. The summed E-state index contributed by atoms with van der Waals surface area (Å²) in [6.07, 6.45) is 2.30. The molecule has 94 valence electrons. The van der Waals surface area contributed by atoms with E-state index in [1.807, 2.05) is 45.2 Å². The number of nitrogens with zero attached hydrogens (tertiary/aromatic N) is 1. The SMILES string of the molecule is CCCCN(C)C(C)C(=O)c1ccc(C)cc1. The zero-order valence-corrected chi connectivity index (χ0v) is 11.4. The summed E-state index contributed by atoms with van der Waals surface area (Å²) in [5.74, 6) is 0.212. The van der Waals surface area contributed by atoms with Gasteiger partial charge in [0.1, 0.15) is 0 Å². The summed E-state index contributed by atoms with van der Waals surface area (Å²) in [6.45, 7) is 7.17. The molecule has 0 aromatic heterocycles. The van der Waals surface area contributed by atoms with Gasteiger partial charge in [0.05, 0.1) is 6.04 Å². The number of carbonyl (C=O) groups excluding carboxylic acids is 1. The minimum atomic E-state index is -0.0377. The molecule has 0 radical (unpaired) electrons. The first-order chi connectivity index (χ1) is 8.06. The van der Waals surface area contributed by atoms with Crippen molar-refractivity contribution in [2.75, 3.05) is 13.6 Å². The van der Waals surface area contributed by atoms with Crippen LogP contribution >= 0.6 is 0 Å². The molecule has 0 aliphatic carbocycles. The molecule has 0 bridgehead atoms. The summed E-state index contributed by atoms with van der Waals surface area (Å²) in [6, 6.07) is 7.78. The number of rotatable bonds is 6. The lowest BCUT2D eigenvalue weighted by Gasteiger charge is -2.23. The molecule has 0 amide bonds. The topological polar surface area (TPSA) is 20.3 Å². The van der Waals surface area contributed by atoms with E-state index in [9.17, 15) is 4.79 Å². The number of Topliss-reactive ketones (excluding diaryl/α,β-unsaturated/α-hetero) is 1. The number of benzene rings is 1. The molecule has 2 heteroatoms. The Balaban J connectivity index is 2.65. The Morgan fingerprint density at radius 3 is 2.41 bits per heavy atom. The second-order valence-corrected chi connectivity index (χ2v) is 4.74. The van der Waals surface area contributed by atoms with Gasteiger partial charge in [-0.3, -0.25) is 9.69 Å². The Bertz CT molecular complexity index is 356. The van der Waals surface area contributed by atoms with E-state index >= 15 is 0 Å². The second kappa shape index (κ2) is 6.55. The summed E-state index contributed by atoms with van der Waals surface area (Å²) in [7, 11) is 2.02. The molecule has 0 saturated heterocycles. The van der Waals surface area contributed by atoms with Crippen LogP contribution in [0.2, 0.25) is 0 Å². The van der Waals surface area contributed by atoms with E-state index in [1.165, 1.54) is 5.56 Å². The van der Waals surface area contributed by atoms with Crippen molar-refractivity contribution in [1.29, 1.82) is 0 Å². The van der Waals surface area contributed by atoms with Crippen LogP contribution in [0.1, 0.15) is 42.6 Å². The number of unbranched alkanes of at least 4 members (excludes halogenated alkanes) is 1. The zero-order valence-electron chi connectivity index (χ0n) is 11.4. The lowest BCUT2D eigenvalue weighted by Crippen LogP contribution is -2.36. The minimum absolute atomic E-state index is 0.0377. The van der Waals surface area contributed by atoms with E-state index in [2.05, 4.69) is 11.8 Å². The van der Waals surface area contributed by atoms with Crippen LogP contribution in [0, 0.1) is 6.92 Å². The van der Waals surface area contributed by atoms with Gasteiger partial charge in [-0.15, -0.1) is 0 Å². The third-order valence-electron chi connectivity index (χ3n) is 3.24. The molecule has 1 aromatic rings. The van der Waals surface area contributed by atoms with Crippen molar-refractivity contribution in [2.45, 2.75) is 39.7 Å². The summed E-state index contributed by atoms with van der Waals surface area (Å²) >= 11 is 0. The van der Waals surface area contributed by atoms with Crippen molar-refractivity contribution in [1.82, 2.24) is 4.90 Å². The molecule has 1 atom stereocenters. The van der Waals surface area contributed by atoms with Gasteiger partial charge >= 0.3 is 0 Å².